The summed E-state index contributed by atoms with van der Waals surface area (Å²) < 4.78 is 14.7. The molecule has 0 saturated heterocycles. The number of imidazole rings is 1. The van der Waals surface area contributed by atoms with Crippen LogP contribution in [0.3, 0.4) is 0 Å². The lowest BCUT2D eigenvalue weighted by atomic mass is 10.1. The van der Waals surface area contributed by atoms with Gasteiger partial charge in [0.1, 0.15) is 17.2 Å². The van der Waals surface area contributed by atoms with Crippen LogP contribution in [0, 0.1) is 5.82 Å². The summed E-state index contributed by atoms with van der Waals surface area (Å²) in [7, 11) is 0. The SMILES string of the molecule is O=Cc1cnc2c3ccc(F)cc3ccn12. The summed E-state index contributed by atoms with van der Waals surface area (Å²) in [5.74, 6) is -0.279. The molecule has 0 unspecified atom stereocenters. The number of hydrogen-bond acceptors (Lipinski definition) is 2. The van der Waals surface area contributed by atoms with Crippen molar-refractivity contribution in [2.24, 2.45) is 0 Å². The molecule has 0 bridgehead atoms. The van der Waals surface area contributed by atoms with Gasteiger partial charge in [0.25, 0.3) is 0 Å². The van der Waals surface area contributed by atoms with E-state index in [-0.39, 0.29) is 5.82 Å². The van der Waals surface area contributed by atoms with Gasteiger partial charge in [-0.25, -0.2) is 9.37 Å². The van der Waals surface area contributed by atoms with Gasteiger partial charge >= 0.3 is 0 Å². The fourth-order valence-corrected chi connectivity index (χ4v) is 1.85. The van der Waals surface area contributed by atoms with Gasteiger partial charge < -0.3 is 0 Å². The summed E-state index contributed by atoms with van der Waals surface area (Å²) in [5.41, 5.74) is 1.15. The number of carbonyl (C=O) groups is 1. The van der Waals surface area contributed by atoms with Crippen molar-refractivity contribution in [1.29, 1.82) is 0 Å². The number of rotatable bonds is 1. The van der Waals surface area contributed by atoms with E-state index in [1.54, 1.807) is 22.7 Å². The number of fused-ring (bicyclic) bond motifs is 3. The first-order valence-electron chi connectivity index (χ1n) is 4.80. The van der Waals surface area contributed by atoms with Gasteiger partial charge in [0.05, 0.1) is 6.20 Å². The van der Waals surface area contributed by atoms with Crippen molar-refractivity contribution < 1.29 is 9.18 Å². The molecule has 0 radical (unpaired) electrons. The maximum atomic E-state index is 13.0. The van der Waals surface area contributed by atoms with Crippen LogP contribution in [0.2, 0.25) is 0 Å². The Morgan fingerprint density at radius 2 is 2.19 bits per heavy atom. The Hall–Kier alpha value is -2.23. The molecule has 2 aromatic heterocycles. The summed E-state index contributed by atoms with van der Waals surface area (Å²) >= 11 is 0. The smallest absolute Gasteiger partial charge is 0.168 e. The minimum absolute atomic E-state index is 0.279. The van der Waals surface area contributed by atoms with Crippen LogP contribution < -0.4 is 0 Å². The number of halogens is 1. The topological polar surface area (TPSA) is 34.4 Å². The first-order valence-corrected chi connectivity index (χ1v) is 4.80. The minimum Gasteiger partial charge on any atom is -0.297 e. The van der Waals surface area contributed by atoms with Crippen molar-refractivity contribution in [3.8, 4) is 0 Å². The number of hydrogen-bond donors (Lipinski definition) is 0. The highest BCUT2D eigenvalue weighted by Crippen LogP contribution is 2.20. The van der Waals surface area contributed by atoms with E-state index < -0.39 is 0 Å². The Morgan fingerprint density at radius 3 is 3.00 bits per heavy atom. The molecule has 0 atom stereocenters. The second-order valence-corrected chi connectivity index (χ2v) is 3.54. The molecule has 0 fully saturated rings. The molecule has 0 aliphatic carbocycles. The molecule has 78 valence electrons. The van der Waals surface area contributed by atoms with Gasteiger partial charge in [-0.3, -0.25) is 9.20 Å². The van der Waals surface area contributed by atoms with Crippen LogP contribution in [-0.4, -0.2) is 15.7 Å². The molecule has 0 spiro atoms. The minimum atomic E-state index is -0.279. The molecule has 0 aliphatic heterocycles. The van der Waals surface area contributed by atoms with Crippen LogP contribution in [0.25, 0.3) is 16.4 Å². The number of aromatic nitrogens is 2. The average molecular weight is 214 g/mol. The fourth-order valence-electron chi connectivity index (χ4n) is 1.85. The highest BCUT2D eigenvalue weighted by molar-refractivity contribution is 5.95. The molecule has 0 amide bonds. The molecule has 2 heterocycles. The zero-order chi connectivity index (χ0) is 11.1. The molecular formula is C12H7FN2O. The molecule has 0 aliphatic rings. The van der Waals surface area contributed by atoms with Gasteiger partial charge in [0.15, 0.2) is 6.29 Å². The van der Waals surface area contributed by atoms with Gasteiger partial charge in [-0.05, 0) is 29.7 Å². The van der Waals surface area contributed by atoms with Crippen LogP contribution >= 0.6 is 0 Å². The van der Waals surface area contributed by atoms with Crippen molar-refractivity contribution in [3.63, 3.8) is 0 Å². The zero-order valence-electron chi connectivity index (χ0n) is 8.22. The molecule has 0 saturated carbocycles. The summed E-state index contributed by atoms with van der Waals surface area (Å²) in [6.45, 7) is 0. The predicted octanol–water partition coefficient (Wildman–Crippen LogP) is 2.44. The first-order chi connectivity index (χ1) is 7.79. The third-order valence-electron chi connectivity index (χ3n) is 2.60. The standard InChI is InChI=1S/C12H7FN2O/c13-9-1-2-11-8(5-9)3-4-15-10(7-16)6-14-12(11)15/h1-7H. The quantitative estimate of drug-likeness (QED) is 0.583. The van der Waals surface area contributed by atoms with E-state index in [1.165, 1.54) is 18.3 Å². The highest BCUT2D eigenvalue weighted by Gasteiger charge is 2.06. The number of pyridine rings is 1. The van der Waals surface area contributed by atoms with E-state index in [4.69, 9.17) is 0 Å². The Bertz CT molecular complexity index is 703. The molecule has 4 heteroatoms. The van der Waals surface area contributed by atoms with E-state index in [2.05, 4.69) is 4.98 Å². The number of benzene rings is 1. The Morgan fingerprint density at radius 1 is 1.31 bits per heavy atom. The van der Waals surface area contributed by atoms with E-state index in [0.29, 0.717) is 11.3 Å². The third-order valence-corrected chi connectivity index (χ3v) is 2.60. The van der Waals surface area contributed by atoms with Crippen molar-refractivity contribution in [2.45, 2.75) is 0 Å². The van der Waals surface area contributed by atoms with Crippen molar-refractivity contribution in [2.75, 3.05) is 0 Å². The average Bonchev–Trinajstić information content (AvgIpc) is 2.71. The lowest BCUT2D eigenvalue weighted by Gasteiger charge is -2.01. The van der Waals surface area contributed by atoms with E-state index >= 15 is 0 Å². The second kappa shape index (κ2) is 3.13. The van der Waals surface area contributed by atoms with Crippen LogP contribution in [-0.2, 0) is 0 Å². The molecule has 3 nitrogen and oxygen atoms in total. The largest absolute Gasteiger partial charge is 0.297 e. The van der Waals surface area contributed by atoms with Gasteiger partial charge in [0.2, 0.25) is 0 Å². The number of nitrogens with zero attached hydrogens (tertiary/aromatic N) is 2. The van der Waals surface area contributed by atoms with Gasteiger partial charge in [-0.2, -0.15) is 0 Å². The van der Waals surface area contributed by atoms with E-state index in [1.807, 2.05) is 0 Å². The maximum absolute atomic E-state index is 13.0. The van der Waals surface area contributed by atoms with Crippen molar-refractivity contribution >= 4 is 22.7 Å². The summed E-state index contributed by atoms with van der Waals surface area (Å²) in [5, 5.41) is 1.60. The molecule has 3 aromatic rings. The monoisotopic (exact) mass is 214 g/mol. The maximum Gasteiger partial charge on any atom is 0.168 e. The molecule has 3 rings (SSSR count). The Balaban J connectivity index is 2.50. The van der Waals surface area contributed by atoms with Crippen LogP contribution in [0.5, 0.6) is 0 Å². The van der Waals surface area contributed by atoms with Crippen LogP contribution in [0.1, 0.15) is 10.5 Å². The molecular weight excluding hydrogens is 207 g/mol. The lowest BCUT2D eigenvalue weighted by Crippen LogP contribution is -1.91. The summed E-state index contributed by atoms with van der Waals surface area (Å²) in [6, 6.07) is 6.27. The Kier molecular flexibility index (Phi) is 1.77. The number of aldehydes is 1. The normalized spacial score (nSPS) is 11.1. The third kappa shape index (κ3) is 1.13. The van der Waals surface area contributed by atoms with Crippen molar-refractivity contribution in [3.05, 3.63) is 48.2 Å². The van der Waals surface area contributed by atoms with Crippen LogP contribution in [0.4, 0.5) is 4.39 Å². The summed E-state index contributed by atoms with van der Waals surface area (Å²) in [4.78, 5) is 14.9. The van der Waals surface area contributed by atoms with E-state index in [0.717, 1.165) is 17.1 Å². The van der Waals surface area contributed by atoms with Gasteiger partial charge in [-0.1, -0.05) is 0 Å². The molecule has 1 aromatic carbocycles. The Labute approximate surface area is 90.1 Å². The summed E-state index contributed by atoms with van der Waals surface area (Å²) in [6.07, 6.45) is 3.97. The van der Waals surface area contributed by atoms with Crippen LogP contribution in [0.15, 0.2) is 36.7 Å². The van der Waals surface area contributed by atoms with Crippen molar-refractivity contribution in [1.82, 2.24) is 9.38 Å². The zero-order valence-corrected chi connectivity index (χ0v) is 8.22. The fraction of sp³-hybridized carbons (Fsp3) is 0. The van der Waals surface area contributed by atoms with Gasteiger partial charge in [0, 0.05) is 11.6 Å². The molecule has 0 N–H and O–H groups in total. The van der Waals surface area contributed by atoms with E-state index in [9.17, 15) is 9.18 Å². The highest BCUT2D eigenvalue weighted by atomic mass is 19.1. The predicted molar refractivity (Wildman–Crippen MR) is 58.0 cm³/mol. The second-order valence-electron chi connectivity index (χ2n) is 3.54. The number of carbonyl (C=O) groups excluding carboxylic acids is 1. The first kappa shape index (κ1) is 9.03. The van der Waals surface area contributed by atoms with Gasteiger partial charge in [-0.15, -0.1) is 0 Å². The molecule has 16 heavy (non-hydrogen) atoms. The lowest BCUT2D eigenvalue weighted by molar-refractivity contribution is 0.111.